The third-order valence-corrected chi connectivity index (χ3v) is 3.97. The molecule has 0 bridgehead atoms. The zero-order valence-corrected chi connectivity index (χ0v) is 13.0. The number of carbonyl (C=O) groups is 1. The Hall–Kier alpha value is -2.24. The van der Waals surface area contributed by atoms with Crippen LogP contribution in [0.15, 0.2) is 29.3 Å². The molecule has 0 aromatic heterocycles. The Balaban J connectivity index is 1.64. The molecule has 2 N–H and O–H groups in total. The lowest BCUT2D eigenvalue weighted by Crippen LogP contribution is -2.45. The number of hydrogen-bond acceptors (Lipinski definition) is 3. The monoisotopic (exact) mass is 302 g/mol. The van der Waals surface area contributed by atoms with Gasteiger partial charge < -0.3 is 20.3 Å². The number of rotatable bonds is 4. The van der Waals surface area contributed by atoms with Gasteiger partial charge >= 0.3 is 0 Å². The Kier molecular flexibility index (Phi) is 4.18. The summed E-state index contributed by atoms with van der Waals surface area (Å²) in [4.78, 5) is 18.3. The minimum Gasteiger partial charge on any atom is -0.497 e. The number of ether oxygens (including phenoxy) is 1. The Morgan fingerprint density at radius 3 is 2.77 bits per heavy atom. The summed E-state index contributed by atoms with van der Waals surface area (Å²) < 4.78 is 5.23. The number of anilines is 1. The number of aliphatic imine (C=N–C) groups is 1. The van der Waals surface area contributed by atoms with E-state index in [9.17, 15) is 4.79 Å². The molecule has 1 unspecified atom stereocenters. The zero-order chi connectivity index (χ0) is 15.5. The van der Waals surface area contributed by atoms with Crippen molar-refractivity contribution in [3.8, 4) is 5.75 Å². The van der Waals surface area contributed by atoms with Gasteiger partial charge in [0.25, 0.3) is 0 Å². The topological polar surface area (TPSA) is 66.0 Å². The molecule has 2 fully saturated rings. The van der Waals surface area contributed by atoms with E-state index in [1.54, 1.807) is 19.1 Å². The molecule has 2 aliphatic rings. The number of methoxy groups -OCH3 is 1. The van der Waals surface area contributed by atoms with Gasteiger partial charge in [0.15, 0.2) is 5.96 Å². The van der Waals surface area contributed by atoms with Gasteiger partial charge in [0, 0.05) is 37.8 Å². The molecule has 1 saturated heterocycles. The Morgan fingerprint density at radius 1 is 1.32 bits per heavy atom. The lowest BCUT2D eigenvalue weighted by atomic mass is 10.2. The van der Waals surface area contributed by atoms with Crippen molar-refractivity contribution in [2.45, 2.75) is 31.3 Å². The SMILES string of the molecule is CN=C(NC1CC1)NC1CC(=O)N(c2cccc(OC)c2)C1. The van der Waals surface area contributed by atoms with E-state index in [1.165, 1.54) is 12.8 Å². The van der Waals surface area contributed by atoms with Crippen molar-refractivity contribution in [1.82, 2.24) is 10.6 Å². The van der Waals surface area contributed by atoms with Gasteiger partial charge in [-0.25, -0.2) is 0 Å². The largest absolute Gasteiger partial charge is 0.497 e. The van der Waals surface area contributed by atoms with Crippen molar-refractivity contribution in [3.63, 3.8) is 0 Å². The Morgan fingerprint density at radius 2 is 2.09 bits per heavy atom. The van der Waals surface area contributed by atoms with E-state index < -0.39 is 0 Å². The first-order chi connectivity index (χ1) is 10.7. The number of nitrogens with one attached hydrogen (secondary N) is 2. The Bertz CT molecular complexity index is 583. The van der Waals surface area contributed by atoms with Crippen LogP contribution in [0.4, 0.5) is 5.69 Å². The number of hydrogen-bond donors (Lipinski definition) is 2. The van der Waals surface area contributed by atoms with Gasteiger partial charge in [0.05, 0.1) is 13.2 Å². The minimum atomic E-state index is 0.0728. The second-order valence-corrected chi connectivity index (χ2v) is 5.74. The fourth-order valence-electron chi connectivity index (χ4n) is 2.62. The molecule has 1 saturated carbocycles. The fourth-order valence-corrected chi connectivity index (χ4v) is 2.62. The summed E-state index contributed by atoms with van der Waals surface area (Å²) >= 11 is 0. The first-order valence-electron chi connectivity index (χ1n) is 7.64. The van der Waals surface area contributed by atoms with Crippen molar-refractivity contribution in [3.05, 3.63) is 24.3 Å². The Labute approximate surface area is 130 Å². The molecule has 0 spiro atoms. The first kappa shape index (κ1) is 14.7. The predicted octanol–water partition coefficient (Wildman–Crippen LogP) is 1.13. The highest BCUT2D eigenvalue weighted by atomic mass is 16.5. The third kappa shape index (κ3) is 3.32. The number of nitrogens with zero attached hydrogens (tertiary/aromatic N) is 2. The molecule has 118 valence electrons. The van der Waals surface area contributed by atoms with Crippen LogP contribution < -0.4 is 20.3 Å². The minimum absolute atomic E-state index is 0.0728. The molecule has 6 heteroatoms. The fraction of sp³-hybridized carbons (Fsp3) is 0.500. The molecule has 1 aromatic rings. The molecule has 1 aliphatic heterocycles. The summed E-state index contributed by atoms with van der Waals surface area (Å²) in [6, 6.07) is 8.20. The molecule has 1 heterocycles. The number of amides is 1. The molecule has 1 aliphatic carbocycles. The zero-order valence-electron chi connectivity index (χ0n) is 13.0. The highest BCUT2D eigenvalue weighted by Crippen LogP contribution is 2.25. The van der Waals surface area contributed by atoms with Gasteiger partial charge in [-0.3, -0.25) is 9.79 Å². The van der Waals surface area contributed by atoms with Crippen LogP contribution in [0.2, 0.25) is 0 Å². The molecule has 1 atom stereocenters. The van der Waals surface area contributed by atoms with Crippen LogP contribution in [-0.4, -0.2) is 44.7 Å². The summed E-state index contributed by atoms with van der Waals surface area (Å²) in [6.07, 6.45) is 2.86. The quantitative estimate of drug-likeness (QED) is 0.646. The maximum Gasteiger partial charge on any atom is 0.229 e. The van der Waals surface area contributed by atoms with Crippen LogP contribution in [0.5, 0.6) is 5.75 Å². The van der Waals surface area contributed by atoms with E-state index in [1.807, 2.05) is 24.3 Å². The second kappa shape index (κ2) is 6.25. The van der Waals surface area contributed by atoms with Crippen LogP contribution >= 0.6 is 0 Å². The highest BCUT2D eigenvalue weighted by molar-refractivity contribution is 5.97. The van der Waals surface area contributed by atoms with Crippen LogP contribution in [-0.2, 0) is 4.79 Å². The van der Waals surface area contributed by atoms with E-state index in [0.29, 0.717) is 19.0 Å². The molecule has 1 amide bonds. The summed E-state index contributed by atoms with van der Waals surface area (Å²) in [5.41, 5.74) is 0.874. The summed E-state index contributed by atoms with van der Waals surface area (Å²) in [5, 5.41) is 6.69. The molecule has 1 aromatic carbocycles. The highest BCUT2D eigenvalue weighted by Gasteiger charge is 2.32. The molecule has 3 rings (SSSR count). The standard InChI is InChI=1S/C16H22N4O2/c1-17-16(18-11-6-7-11)19-12-8-15(21)20(10-12)13-4-3-5-14(9-13)22-2/h3-5,9,11-12H,6-8,10H2,1-2H3,(H2,17,18,19). The average molecular weight is 302 g/mol. The van der Waals surface area contributed by atoms with E-state index in [-0.39, 0.29) is 11.9 Å². The smallest absolute Gasteiger partial charge is 0.229 e. The average Bonchev–Trinajstić information content (AvgIpc) is 3.28. The van der Waals surface area contributed by atoms with E-state index in [2.05, 4.69) is 15.6 Å². The van der Waals surface area contributed by atoms with Crippen LogP contribution in [0.3, 0.4) is 0 Å². The molecule has 0 radical (unpaired) electrons. The third-order valence-electron chi connectivity index (χ3n) is 3.97. The van der Waals surface area contributed by atoms with Gasteiger partial charge in [-0.05, 0) is 25.0 Å². The van der Waals surface area contributed by atoms with Gasteiger partial charge in [0.2, 0.25) is 5.91 Å². The van der Waals surface area contributed by atoms with Crippen molar-refractivity contribution in [2.24, 2.45) is 4.99 Å². The maximum absolute atomic E-state index is 12.3. The van der Waals surface area contributed by atoms with Gasteiger partial charge in [-0.15, -0.1) is 0 Å². The van der Waals surface area contributed by atoms with Gasteiger partial charge in [-0.2, -0.15) is 0 Å². The number of guanidine groups is 1. The first-order valence-corrected chi connectivity index (χ1v) is 7.64. The lowest BCUT2D eigenvalue weighted by molar-refractivity contribution is -0.117. The summed E-state index contributed by atoms with van der Waals surface area (Å²) in [6.45, 7) is 0.636. The van der Waals surface area contributed by atoms with Crippen molar-refractivity contribution in [1.29, 1.82) is 0 Å². The van der Waals surface area contributed by atoms with Crippen molar-refractivity contribution < 1.29 is 9.53 Å². The van der Waals surface area contributed by atoms with E-state index in [0.717, 1.165) is 17.4 Å². The molecule has 22 heavy (non-hydrogen) atoms. The number of carbonyl (C=O) groups excluding carboxylic acids is 1. The summed E-state index contributed by atoms with van der Waals surface area (Å²) in [7, 11) is 3.39. The predicted molar refractivity (Wildman–Crippen MR) is 86.4 cm³/mol. The van der Waals surface area contributed by atoms with Crippen LogP contribution in [0.25, 0.3) is 0 Å². The molecular formula is C16H22N4O2. The van der Waals surface area contributed by atoms with E-state index >= 15 is 0 Å². The second-order valence-electron chi connectivity index (χ2n) is 5.74. The van der Waals surface area contributed by atoms with E-state index in [4.69, 9.17) is 4.74 Å². The van der Waals surface area contributed by atoms with Crippen molar-refractivity contribution >= 4 is 17.6 Å². The normalized spacial score (nSPS) is 21.9. The van der Waals surface area contributed by atoms with Gasteiger partial charge in [0.1, 0.15) is 5.75 Å². The van der Waals surface area contributed by atoms with Crippen LogP contribution in [0, 0.1) is 0 Å². The van der Waals surface area contributed by atoms with Gasteiger partial charge in [-0.1, -0.05) is 6.07 Å². The van der Waals surface area contributed by atoms with Crippen LogP contribution in [0.1, 0.15) is 19.3 Å². The van der Waals surface area contributed by atoms with Crippen molar-refractivity contribution in [2.75, 3.05) is 25.6 Å². The maximum atomic E-state index is 12.3. The summed E-state index contributed by atoms with van der Waals surface area (Å²) in [5.74, 6) is 1.66. The lowest BCUT2D eigenvalue weighted by Gasteiger charge is -2.19. The molecular weight excluding hydrogens is 280 g/mol. The molecule has 6 nitrogen and oxygen atoms in total. The number of benzene rings is 1.